The van der Waals surface area contributed by atoms with Crippen molar-refractivity contribution in [2.24, 2.45) is 17.6 Å². The molecule has 0 fully saturated rings. The zero-order valence-corrected chi connectivity index (χ0v) is 9.33. The number of aliphatic carboxylic acids is 1. The average molecular weight is 201 g/mol. The number of carboxylic acids is 1. The number of carboxylic acid groups (broad SMARTS) is 1. The maximum Gasteiger partial charge on any atom is 0.307 e. The average Bonchev–Trinajstić information content (AvgIpc) is 2.14. The van der Waals surface area contributed by atoms with E-state index < -0.39 is 5.97 Å². The summed E-state index contributed by atoms with van der Waals surface area (Å²) in [4.78, 5) is 10.7. The lowest BCUT2D eigenvalue weighted by Crippen LogP contribution is -2.25. The van der Waals surface area contributed by atoms with Crippen molar-refractivity contribution >= 4 is 5.97 Å². The molecule has 0 bridgehead atoms. The molecule has 0 aromatic heterocycles. The molecule has 3 heteroatoms. The van der Waals surface area contributed by atoms with E-state index in [1.54, 1.807) is 0 Å². The molecule has 0 aliphatic heterocycles. The highest BCUT2D eigenvalue weighted by molar-refractivity contribution is 5.70. The first kappa shape index (κ1) is 13.4. The maximum atomic E-state index is 10.7. The summed E-state index contributed by atoms with van der Waals surface area (Å²) in [5.74, 6) is -0.632. The van der Waals surface area contributed by atoms with Gasteiger partial charge in [-0.25, -0.2) is 0 Å². The Morgan fingerprint density at radius 3 is 2.50 bits per heavy atom. The summed E-state index contributed by atoms with van der Waals surface area (Å²) in [5, 5.41) is 8.81. The van der Waals surface area contributed by atoms with Gasteiger partial charge in [-0.05, 0) is 12.3 Å². The topological polar surface area (TPSA) is 63.3 Å². The van der Waals surface area contributed by atoms with Crippen LogP contribution in [0.1, 0.15) is 46.0 Å². The molecular formula is C11H23NO2. The normalized spacial score (nSPS) is 15.1. The lowest BCUT2D eigenvalue weighted by molar-refractivity contribution is -0.141. The van der Waals surface area contributed by atoms with Gasteiger partial charge in [0, 0.05) is 6.54 Å². The van der Waals surface area contributed by atoms with Crippen molar-refractivity contribution in [3.63, 3.8) is 0 Å². The van der Waals surface area contributed by atoms with Crippen molar-refractivity contribution in [1.82, 2.24) is 0 Å². The van der Waals surface area contributed by atoms with Crippen LogP contribution in [0.15, 0.2) is 0 Å². The summed E-state index contributed by atoms with van der Waals surface area (Å²) in [6.07, 6.45) is 5.50. The van der Waals surface area contributed by atoms with Crippen molar-refractivity contribution in [2.45, 2.75) is 46.0 Å². The summed E-state index contributed by atoms with van der Waals surface area (Å²) in [7, 11) is 0. The van der Waals surface area contributed by atoms with E-state index in [4.69, 9.17) is 10.8 Å². The molecule has 3 nitrogen and oxygen atoms in total. The van der Waals surface area contributed by atoms with Crippen molar-refractivity contribution in [3.05, 3.63) is 0 Å². The molecule has 2 atom stereocenters. The van der Waals surface area contributed by atoms with Crippen molar-refractivity contribution in [3.8, 4) is 0 Å². The van der Waals surface area contributed by atoms with E-state index in [1.807, 2.05) is 0 Å². The molecule has 0 aliphatic carbocycles. The number of carbonyl (C=O) groups is 1. The van der Waals surface area contributed by atoms with E-state index in [2.05, 4.69) is 13.8 Å². The van der Waals surface area contributed by atoms with Gasteiger partial charge >= 0.3 is 5.97 Å². The SMILES string of the molecule is CCCCC[C@H](C)C[C@H](CN)C(=O)O. The molecule has 0 saturated heterocycles. The first-order valence-corrected chi connectivity index (χ1v) is 5.54. The lowest BCUT2D eigenvalue weighted by Gasteiger charge is -2.15. The van der Waals surface area contributed by atoms with Gasteiger partial charge in [-0.1, -0.05) is 39.5 Å². The van der Waals surface area contributed by atoms with Gasteiger partial charge in [0.05, 0.1) is 5.92 Å². The highest BCUT2D eigenvalue weighted by Crippen LogP contribution is 2.18. The third-order valence-electron chi connectivity index (χ3n) is 2.62. The Morgan fingerprint density at radius 1 is 1.43 bits per heavy atom. The van der Waals surface area contributed by atoms with Crippen molar-refractivity contribution in [1.29, 1.82) is 0 Å². The number of rotatable bonds is 8. The number of hydrogen-bond donors (Lipinski definition) is 2. The highest BCUT2D eigenvalue weighted by Gasteiger charge is 2.18. The van der Waals surface area contributed by atoms with E-state index >= 15 is 0 Å². The Hall–Kier alpha value is -0.570. The van der Waals surface area contributed by atoms with Crippen LogP contribution in [0.5, 0.6) is 0 Å². The first-order valence-electron chi connectivity index (χ1n) is 5.54. The van der Waals surface area contributed by atoms with Crippen LogP contribution < -0.4 is 5.73 Å². The van der Waals surface area contributed by atoms with E-state index in [9.17, 15) is 4.79 Å². The molecular weight excluding hydrogens is 178 g/mol. The Labute approximate surface area is 86.7 Å². The fourth-order valence-electron chi connectivity index (χ4n) is 1.64. The number of hydrogen-bond acceptors (Lipinski definition) is 2. The zero-order valence-electron chi connectivity index (χ0n) is 9.33. The fourth-order valence-corrected chi connectivity index (χ4v) is 1.64. The van der Waals surface area contributed by atoms with Crippen LogP contribution in [-0.4, -0.2) is 17.6 Å². The standard InChI is InChI=1S/C11H23NO2/c1-3-4-5-6-9(2)7-10(8-12)11(13)14/h9-10H,3-8,12H2,1-2H3,(H,13,14)/t9-,10+/m0/s1. The molecule has 0 spiro atoms. The van der Waals surface area contributed by atoms with Gasteiger partial charge in [0.25, 0.3) is 0 Å². The number of nitrogens with two attached hydrogens (primary N) is 1. The van der Waals surface area contributed by atoms with E-state index in [-0.39, 0.29) is 12.5 Å². The van der Waals surface area contributed by atoms with Crippen LogP contribution in [0, 0.1) is 11.8 Å². The minimum Gasteiger partial charge on any atom is -0.481 e. The molecule has 0 amide bonds. The van der Waals surface area contributed by atoms with E-state index in [1.165, 1.54) is 19.3 Å². The van der Waals surface area contributed by atoms with Crippen LogP contribution >= 0.6 is 0 Å². The lowest BCUT2D eigenvalue weighted by atomic mass is 9.92. The predicted molar refractivity (Wildman–Crippen MR) is 58.1 cm³/mol. The smallest absolute Gasteiger partial charge is 0.307 e. The van der Waals surface area contributed by atoms with Crippen LogP contribution in [-0.2, 0) is 4.79 Å². The molecule has 0 aromatic rings. The fraction of sp³-hybridized carbons (Fsp3) is 0.909. The predicted octanol–water partition coefficient (Wildman–Crippen LogP) is 2.25. The van der Waals surface area contributed by atoms with Gasteiger partial charge in [0.1, 0.15) is 0 Å². The summed E-state index contributed by atoms with van der Waals surface area (Å²) in [6.45, 7) is 4.54. The second-order valence-electron chi connectivity index (χ2n) is 4.11. The Bertz CT molecular complexity index is 159. The molecule has 14 heavy (non-hydrogen) atoms. The molecule has 3 N–H and O–H groups in total. The highest BCUT2D eigenvalue weighted by atomic mass is 16.4. The third-order valence-corrected chi connectivity index (χ3v) is 2.62. The largest absolute Gasteiger partial charge is 0.481 e. The van der Waals surface area contributed by atoms with Crippen LogP contribution in [0.4, 0.5) is 0 Å². The van der Waals surface area contributed by atoms with Crippen molar-refractivity contribution in [2.75, 3.05) is 6.54 Å². The van der Waals surface area contributed by atoms with E-state index in [0.717, 1.165) is 12.8 Å². The Balaban J connectivity index is 3.67. The molecule has 0 heterocycles. The van der Waals surface area contributed by atoms with E-state index in [0.29, 0.717) is 5.92 Å². The van der Waals surface area contributed by atoms with Gasteiger partial charge in [-0.2, -0.15) is 0 Å². The van der Waals surface area contributed by atoms with Crippen LogP contribution in [0.3, 0.4) is 0 Å². The third kappa shape index (κ3) is 5.97. The molecule has 0 unspecified atom stereocenters. The maximum absolute atomic E-state index is 10.7. The van der Waals surface area contributed by atoms with Gasteiger partial charge in [0.2, 0.25) is 0 Å². The summed E-state index contributed by atoms with van der Waals surface area (Å²) < 4.78 is 0. The molecule has 0 aromatic carbocycles. The summed E-state index contributed by atoms with van der Waals surface area (Å²) in [5.41, 5.74) is 5.40. The summed E-state index contributed by atoms with van der Waals surface area (Å²) in [6, 6.07) is 0. The van der Waals surface area contributed by atoms with Gasteiger partial charge in [-0.3, -0.25) is 4.79 Å². The van der Waals surface area contributed by atoms with Gasteiger partial charge in [-0.15, -0.1) is 0 Å². The van der Waals surface area contributed by atoms with Gasteiger partial charge < -0.3 is 10.8 Å². The van der Waals surface area contributed by atoms with Gasteiger partial charge in [0.15, 0.2) is 0 Å². The second kappa shape index (κ2) is 7.80. The van der Waals surface area contributed by atoms with Crippen LogP contribution in [0.2, 0.25) is 0 Å². The minimum atomic E-state index is -0.755. The van der Waals surface area contributed by atoms with Crippen molar-refractivity contribution < 1.29 is 9.90 Å². The second-order valence-corrected chi connectivity index (χ2v) is 4.11. The quantitative estimate of drug-likeness (QED) is 0.592. The Morgan fingerprint density at radius 2 is 2.07 bits per heavy atom. The van der Waals surface area contributed by atoms with Crippen LogP contribution in [0.25, 0.3) is 0 Å². The summed E-state index contributed by atoms with van der Waals surface area (Å²) >= 11 is 0. The zero-order chi connectivity index (χ0) is 11.0. The molecule has 0 radical (unpaired) electrons. The Kier molecular flexibility index (Phi) is 7.48. The number of unbranched alkanes of at least 4 members (excludes halogenated alkanes) is 2. The monoisotopic (exact) mass is 201 g/mol. The minimum absolute atomic E-state index is 0.257. The molecule has 0 aliphatic rings. The molecule has 0 saturated carbocycles. The molecule has 84 valence electrons. The molecule has 0 rings (SSSR count). The first-order chi connectivity index (χ1) is 6.61.